The van der Waals surface area contributed by atoms with Crippen molar-refractivity contribution in [3.63, 3.8) is 0 Å². The molecule has 9 heteroatoms. The van der Waals surface area contributed by atoms with E-state index in [1.807, 2.05) is 49.4 Å². The minimum atomic E-state index is -0.384. The zero-order valence-electron chi connectivity index (χ0n) is 16.8. The highest BCUT2D eigenvalue weighted by Crippen LogP contribution is 2.30. The van der Waals surface area contributed by atoms with Crippen LogP contribution in [0.4, 0.5) is 0 Å². The Balaban J connectivity index is 1.75. The Bertz CT molecular complexity index is 1130. The Morgan fingerprint density at radius 1 is 1.20 bits per heavy atom. The number of carbonyl (C=O) groups is 1. The van der Waals surface area contributed by atoms with E-state index in [0.29, 0.717) is 34.6 Å². The molecule has 1 aliphatic heterocycles. The molecule has 0 aliphatic carbocycles. The van der Waals surface area contributed by atoms with Gasteiger partial charge < -0.3 is 9.47 Å². The first-order valence-corrected chi connectivity index (χ1v) is 11.2. The molecule has 1 aromatic carbocycles. The first-order valence-electron chi connectivity index (χ1n) is 9.35. The molecule has 0 N–H and O–H groups in total. The van der Waals surface area contributed by atoms with Crippen molar-refractivity contribution in [3.8, 4) is 17.1 Å². The zero-order valence-corrected chi connectivity index (χ0v) is 18.4. The van der Waals surface area contributed by atoms with Crippen LogP contribution in [0.15, 0.2) is 52.2 Å². The normalized spacial score (nSPS) is 13.6. The highest BCUT2D eigenvalue weighted by Gasteiger charge is 2.25. The van der Waals surface area contributed by atoms with Crippen LogP contribution in [0.25, 0.3) is 17.5 Å². The third-order valence-electron chi connectivity index (χ3n) is 4.37. The molecule has 0 spiro atoms. The summed E-state index contributed by atoms with van der Waals surface area (Å²) in [7, 11) is 1.62. The Labute approximate surface area is 182 Å². The lowest BCUT2D eigenvalue weighted by molar-refractivity contribution is -0.137. The number of hydrogen-bond donors (Lipinski definition) is 0. The number of ether oxygens (including phenoxy) is 2. The molecule has 0 unspecified atom stereocenters. The molecule has 0 saturated carbocycles. The molecule has 0 fully saturated rings. The second-order valence-electron chi connectivity index (χ2n) is 6.41. The van der Waals surface area contributed by atoms with Gasteiger partial charge in [-0.1, -0.05) is 11.8 Å². The van der Waals surface area contributed by atoms with Gasteiger partial charge in [-0.3, -0.25) is 0 Å². The van der Waals surface area contributed by atoms with E-state index in [-0.39, 0.29) is 5.97 Å². The van der Waals surface area contributed by atoms with Crippen LogP contribution in [0.3, 0.4) is 0 Å². The van der Waals surface area contributed by atoms with Crippen LogP contribution < -0.4 is 4.74 Å². The van der Waals surface area contributed by atoms with Crippen LogP contribution in [-0.4, -0.2) is 46.0 Å². The lowest BCUT2D eigenvalue weighted by atomic mass is 10.1. The number of aromatic nitrogens is 3. The summed E-state index contributed by atoms with van der Waals surface area (Å²) in [6, 6.07) is 11.5. The number of rotatable bonds is 6. The van der Waals surface area contributed by atoms with Gasteiger partial charge in [-0.15, -0.1) is 21.5 Å². The first-order chi connectivity index (χ1) is 14.6. The number of hydrogen-bond acceptors (Lipinski definition) is 8. The Hall–Kier alpha value is -2.91. The molecule has 0 radical (unpaired) electrons. The van der Waals surface area contributed by atoms with Gasteiger partial charge in [-0.25, -0.2) is 4.79 Å². The number of esters is 1. The van der Waals surface area contributed by atoms with Gasteiger partial charge in [0, 0.05) is 21.1 Å². The molecular formula is C21H20N4O3S2. The van der Waals surface area contributed by atoms with Gasteiger partial charge >= 0.3 is 5.97 Å². The quantitative estimate of drug-likeness (QED) is 0.421. The van der Waals surface area contributed by atoms with Gasteiger partial charge in [-0.05, 0) is 56.3 Å². The molecule has 0 amide bonds. The van der Waals surface area contributed by atoms with Crippen molar-refractivity contribution in [1.82, 2.24) is 14.9 Å². The maximum atomic E-state index is 12.7. The number of fused-ring (bicyclic) bond motifs is 1. The third-order valence-corrected chi connectivity index (χ3v) is 6.25. The van der Waals surface area contributed by atoms with Crippen LogP contribution in [0.5, 0.6) is 5.75 Å². The van der Waals surface area contributed by atoms with Gasteiger partial charge in [0.05, 0.1) is 25.0 Å². The number of benzene rings is 1. The van der Waals surface area contributed by atoms with Crippen molar-refractivity contribution in [2.24, 2.45) is 5.10 Å². The van der Waals surface area contributed by atoms with Crippen molar-refractivity contribution in [2.75, 3.05) is 19.5 Å². The fourth-order valence-electron chi connectivity index (χ4n) is 2.92. The number of thioether (sulfide) groups is 1. The molecule has 1 aliphatic rings. The second-order valence-corrected chi connectivity index (χ2v) is 8.67. The summed E-state index contributed by atoms with van der Waals surface area (Å²) in [6.45, 7) is 4.13. The minimum absolute atomic E-state index is 0.301. The van der Waals surface area contributed by atoms with Crippen LogP contribution in [-0.2, 0) is 9.53 Å². The smallest absolute Gasteiger partial charge is 0.340 e. The average molecular weight is 441 g/mol. The van der Waals surface area contributed by atoms with Crippen molar-refractivity contribution in [1.29, 1.82) is 0 Å². The summed E-state index contributed by atoms with van der Waals surface area (Å²) >= 11 is 3.11. The molecule has 0 bridgehead atoms. The van der Waals surface area contributed by atoms with Gasteiger partial charge in [0.1, 0.15) is 5.75 Å². The van der Waals surface area contributed by atoms with Crippen LogP contribution >= 0.6 is 23.1 Å². The Kier molecular flexibility index (Phi) is 6.01. The predicted octanol–water partition coefficient (Wildman–Crippen LogP) is 4.28. The molecular weight excluding hydrogens is 420 g/mol. The summed E-state index contributed by atoms with van der Waals surface area (Å²) in [5.41, 5.74) is 1.94. The summed E-state index contributed by atoms with van der Waals surface area (Å²) in [6.07, 6.45) is 1.84. The van der Waals surface area contributed by atoms with Crippen molar-refractivity contribution >= 4 is 40.9 Å². The van der Waals surface area contributed by atoms with Gasteiger partial charge in [0.25, 0.3) is 0 Å². The van der Waals surface area contributed by atoms with E-state index in [9.17, 15) is 4.79 Å². The topological polar surface area (TPSA) is 78.6 Å². The standard InChI is InChI=1S/C21H20N4O3S2/c1-4-28-20(26)17(11-16-10-5-13(2)30-16)18-12-29-21-23-22-19(25(21)24-18)14-6-8-15(27-3)9-7-14/h5-11H,4,12H2,1-3H3. The highest BCUT2D eigenvalue weighted by atomic mass is 32.2. The summed E-state index contributed by atoms with van der Waals surface area (Å²) in [4.78, 5) is 14.9. The van der Waals surface area contributed by atoms with Gasteiger partial charge in [0.2, 0.25) is 5.16 Å². The Morgan fingerprint density at radius 2 is 2.00 bits per heavy atom. The fourth-order valence-corrected chi connectivity index (χ4v) is 4.57. The number of carbonyl (C=O) groups excluding carboxylic acids is 1. The lowest BCUT2D eigenvalue weighted by Gasteiger charge is -2.15. The van der Waals surface area contributed by atoms with Gasteiger partial charge in [-0.2, -0.15) is 9.78 Å². The fraction of sp³-hybridized carbons (Fsp3) is 0.238. The lowest BCUT2D eigenvalue weighted by Crippen LogP contribution is -2.21. The van der Waals surface area contributed by atoms with E-state index in [0.717, 1.165) is 16.2 Å². The summed E-state index contributed by atoms with van der Waals surface area (Å²) in [5, 5.41) is 13.9. The molecule has 3 heterocycles. The van der Waals surface area contributed by atoms with Crippen molar-refractivity contribution in [2.45, 2.75) is 19.0 Å². The zero-order chi connectivity index (χ0) is 21.1. The summed E-state index contributed by atoms with van der Waals surface area (Å²) in [5.74, 6) is 1.49. The number of aryl methyl sites for hydroxylation is 1. The molecule has 2 aromatic heterocycles. The van der Waals surface area contributed by atoms with E-state index in [2.05, 4.69) is 10.2 Å². The molecule has 7 nitrogen and oxygen atoms in total. The molecule has 4 rings (SSSR count). The largest absolute Gasteiger partial charge is 0.497 e. The molecule has 0 atom stereocenters. The van der Waals surface area contributed by atoms with Crippen molar-refractivity contribution in [3.05, 3.63) is 51.7 Å². The Morgan fingerprint density at radius 3 is 2.67 bits per heavy atom. The highest BCUT2D eigenvalue weighted by molar-refractivity contribution is 7.99. The first kappa shape index (κ1) is 20.4. The number of methoxy groups -OCH3 is 1. The molecule has 154 valence electrons. The third kappa shape index (κ3) is 4.17. The number of thiophene rings is 1. The SMILES string of the molecule is CCOC(=O)C(=Cc1ccc(C)s1)C1=Nn2c(nnc2-c2ccc(OC)cc2)SC1. The predicted molar refractivity (Wildman–Crippen MR) is 119 cm³/mol. The van der Waals surface area contributed by atoms with E-state index in [1.54, 1.807) is 30.0 Å². The van der Waals surface area contributed by atoms with Crippen LogP contribution in [0.1, 0.15) is 16.7 Å². The molecule has 30 heavy (non-hydrogen) atoms. The van der Waals surface area contributed by atoms with Crippen LogP contribution in [0, 0.1) is 6.92 Å². The van der Waals surface area contributed by atoms with E-state index in [4.69, 9.17) is 14.6 Å². The van der Waals surface area contributed by atoms with E-state index < -0.39 is 0 Å². The van der Waals surface area contributed by atoms with E-state index >= 15 is 0 Å². The second kappa shape index (κ2) is 8.85. The minimum Gasteiger partial charge on any atom is -0.497 e. The number of nitrogens with zero attached hydrogens (tertiary/aromatic N) is 4. The monoisotopic (exact) mass is 440 g/mol. The van der Waals surface area contributed by atoms with Crippen molar-refractivity contribution < 1.29 is 14.3 Å². The van der Waals surface area contributed by atoms with Crippen LogP contribution in [0.2, 0.25) is 0 Å². The maximum Gasteiger partial charge on any atom is 0.340 e. The van der Waals surface area contributed by atoms with Gasteiger partial charge in [0.15, 0.2) is 5.82 Å². The maximum absolute atomic E-state index is 12.7. The average Bonchev–Trinajstić information content (AvgIpc) is 3.37. The summed E-state index contributed by atoms with van der Waals surface area (Å²) < 4.78 is 12.2. The molecule has 0 saturated heterocycles. The van der Waals surface area contributed by atoms with E-state index in [1.165, 1.54) is 16.6 Å². The molecule has 3 aromatic rings.